The maximum Gasteiger partial charge on any atom is 0.327 e. The number of ketones is 1. The molecule has 0 aliphatic rings. The van der Waals surface area contributed by atoms with E-state index < -0.39 is 5.97 Å². The number of hydrogen-bond acceptors (Lipinski definition) is 4. The van der Waals surface area contributed by atoms with Crippen molar-refractivity contribution in [2.75, 3.05) is 5.43 Å². The van der Waals surface area contributed by atoms with Crippen molar-refractivity contribution in [3.8, 4) is 0 Å². The summed E-state index contributed by atoms with van der Waals surface area (Å²) in [6.45, 7) is 4.47. The first-order valence-corrected chi connectivity index (χ1v) is 4.44. The number of anilines is 1. The van der Waals surface area contributed by atoms with Crippen LogP contribution >= 0.6 is 0 Å². The highest BCUT2D eigenvalue weighted by Gasteiger charge is 2.02. The Kier molecular flexibility index (Phi) is 6.23. The van der Waals surface area contributed by atoms with Gasteiger partial charge in [0, 0.05) is 11.6 Å². The molecule has 0 bridgehead atoms. The van der Waals surface area contributed by atoms with E-state index in [1.807, 2.05) is 6.07 Å². The zero-order chi connectivity index (χ0) is 12.6. The van der Waals surface area contributed by atoms with Crippen LogP contribution in [0.1, 0.15) is 17.3 Å². The van der Waals surface area contributed by atoms with Gasteiger partial charge in [0.25, 0.3) is 0 Å². The molecule has 16 heavy (non-hydrogen) atoms. The van der Waals surface area contributed by atoms with Crippen molar-refractivity contribution in [3.63, 3.8) is 0 Å². The van der Waals surface area contributed by atoms with Gasteiger partial charge in [-0.05, 0) is 19.1 Å². The molecule has 0 unspecified atom stereocenters. The molecule has 1 rings (SSSR count). The Morgan fingerprint density at radius 2 is 1.94 bits per heavy atom. The van der Waals surface area contributed by atoms with Crippen molar-refractivity contribution in [1.82, 2.24) is 0 Å². The summed E-state index contributed by atoms with van der Waals surface area (Å²) < 4.78 is 0. The Labute approximate surface area is 93.5 Å². The van der Waals surface area contributed by atoms with E-state index in [2.05, 4.69) is 12.0 Å². The molecule has 4 N–H and O–H groups in total. The number of Topliss-reactive ketones (excluding diaryl/α,β-unsaturated/α-hetero) is 1. The highest BCUT2D eigenvalue weighted by Crippen LogP contribution is 2.13. The highest BCUT2D eigenvalue weighted by atomic mass is 16.4. The zero-order valence-electron chi connectivity index (χ0n) is 8.93. The molecule has 0 aromatic heterocycles. The van der Waals surface area contributed by atoms with E-state index in [0.717, 1.165) is 6.08 Å². The number of rotatable bonds is 3. The Morgan fingerprint density at radius 3 is 2.25 bits per heavy atom. The van der Waals surface area contributed by atoms with E-state index in [-0.39, 0.29) is 5.78 Å². The fraction of sp³-hybridized carbons (Fsp3) is 0.0909. The van der Waals surface area contributed by atoms with Gasteiger partial charge in [0.05, 0.1) is 5.69 Å². The molecule has 5 nitrogen and oxygen atoms in total. The van der Waals surface area contributed by atoms with Crippen LogP contribution in [0.5, 0.6) is 0 Å². The van der Waals surface area contributed by atoms with Gasteiger partial charge in [0.15, 0.2) is 5.78 Å². The predicted molar refractivity (Wildman–Crippen MR) is 62.1 cm³/mol. The number of hydrazine groups is 1. The molecule has 0 aliphatic carbocycles. The lowest BCUT2D eigenvalue weighted by atomic mass is 10.1. The number of carbonyl (C=O) groups is 2. The molecule has 1 aromatic carbocycles. The molecule has 86 valence electrons. The van der Waals surface area contributed by atoms with Crippen LogP contribution in [0, 0.1) is 0 Å². The number of nitrogen functional groups attached to an aromatic ring is 1. The molecule has 0 saturated heterocycles. The van der Waals surface area contributed by atoms with E-state index in [4.69, 9.17) is 10.9 Å². The second-order valence-corrected chi connectivity index (χ2v) is 2.79. The van der Waals surface area contributed by atoms with E-state index in [0.29, 0.717) is 11.3 Å². The first-order chi connectivity index (χ1) is 7.52. The summed E-state index contributed by atoms with van der Waals surface area (Å²) in [5.74, 6) is 4.22. The highest BCUT2D eigenvalue weighted by molar-refractivity contribution is 5.99. The number of aliphatic carboxylic acids is 1. The van der Waals surface area contributed by atoms with Crippen LogP contribution in [0.2, 0.25) is 0 Å². The second kappa shape index (κ2) is 7.19. The van der Waals surface area contributed by atoms with Crippen molar-refractivity contribution in [2.24, 2.45) is 5.84 Å². The molecule has 0 saturated carbocycles. The normalized spacial score (nSPS) is 8.38. The van der Waals surface area contributed by atoms with Crippen LogP contribution in [0.15, 0.2) is 36.9 Å². The summed E-state index contributed by atoms with van der Waals surface area (Å²) in [6, 6.07) is 7.12. The van der Waals surface area contributed by atoms with Crippen LogP contribution in [0.3, 0.4) is 0 Å². The van der Waals surface area contributed by atoms with Crippen molar-refractivity contribution in [1.29, 1.82) is 0 Å². The topological polar surface area (TPSA) is 92.4 Å². The number of nitrogens with one attached hydrogen (secondary N) is 1. The fourth-order valence-corrected chi connectivity index (χ4v) is 0.916. The molecular formula is C11H14N2O3. The lowest BCUT2D eigenvalue weighted by Gasteiger charge is -2.03. The van der Waals surface area contributed by atoms with E-state index in [1.165, 1.54) is 6.92 Å². The summed E-state index contributed by atoms with van der Waals surface area (Å²) in [5, 5.41) is 7.60. The van der Waals surface area contributed by atoms with Crippen LogP contribution in [-0.4, -0.2) is 16.9 Å². The van der Waals surface area contributed by atoms with Crippen molar-refractivity contribution in [3.05, 3.63) is 42.5 Å². The lowest BCUT2D eigenvalue weighted by molar-refractivity contribution is -0.131. The number of para-hydroxylation sites is 1. The first-order valence-electron chi connectivity index (χ1n) is 4.44. The summed E-state index contributed by atoms with van der Waals surface area (Å²) >= 11 is 0. The summed E-state index contributed by atoms with van der Waals surface area (Å²) in [7, 11) is 0. The fourth-order valence-electron chi connectivity index (χ4n) is 0.916. The summed E-state index contributed by atoms with van der Waals surface area (Å²) in [6.07, 6.45) is 0.833. The largest absolute Gasteiger partial charge is 0.478 e. The average molecular weight is 222 g/mol. The molecule has 0 heterocycles. The lowest BCUT2D eigenvalue weighted by Crippen LogP contribution is -2.10. The average Bonchev–Trinajstić information content (AvgIpc) is 2.29. The van der Waals surface area contributed by atoms with Gasteiger partial charge >= 0.3 is 5.97 Å². The molecule has 0 amide bonds. The van der Waals surface area contributed by atoms with Crippen LogP contribution < -0.4 is 11.3 Å². The zero-order valence-corrected chi connectivity index (χ0v) is 8.93. The SMILES string of the molecule is C=CC(=O)O.CC(=O)c1ccccc1NN. The summed E-state index contributed by atoms with van der Waals surface area (Å²) in [5.41, 5.74) is 3.74. The van der Waals surface area contributed by atoms with Crippen molar-refractivity contribution < 1.29 is 14.7 Å². The number of hydrogen-bond donors (Lipinski definition) is 3. The third kappa shape index (κ3) is 4.92. The Balaban J connectivity index is 0.000000385. The molecule has 0 atom stereocenters. The van der Waals surface area contributed by atoms with Gasteiger partial charge in [-0.15, -0.1) is 0 Å². The smallest absolute Gasteiger partial charge is 0.327 e. The second-order valence-electron chi connectivity index (χ2n) is 2.79. The molecule has 0 spiro atoms. The maximum absolute atomic E-state index is 10.9. The van der Waals surface area contributed by atoms with Gasteiger partial charge in [-0.25, -0.2) is 4.79 Å². The van der Waals surface area contributed by atoms with Crippen molar-refractivity contribution >= 4 is 17.4 Å². The molecule has 0 aliphatic heterocycles. The number of benzene rings is 1. The molecule has 0 radical (unpaired) electrons. The minimum Gasteiger partial charge on any atom is -0.478 e. The Hall–Kier alpha value is -2.14. The van der Waals surface area contributed by atoms with E-state index in [1.54, 1.807) is 18.2 Å². The first kappa shape index (κ1) is 13.9. The van der Waals surface area contributed by atoms with Crippen LogP contribution in [0.25, 0.3) is 0 Å². The van der Waals surface area contributed by atoms with Crippen molar-refractivity contribution in [2.45, 2.75) is 6.92 Å². The van der Waals surface area contributed by atoms with Gasteiger partial charge < -0.3 is 10.5 Å². The number of carboxylic acid groups (broad SMARTS) is 1. The number of carboxylic acids is 1. The van der Waals surface area contributed by atoms with Crippen LogP contribution in [-0.2, 0) is 4.79 Å². The minimum absolute atomic E-state index is 0.0125. The predicted octanol–water partition coefficient (Wildman–Crippen LogP) is 1.43. The van der Waals surface area contributed by atoms with Crippen LogP contribution in [0.4, 0.5) is 5.69 Å². The van der Waals surface area contributed by atoms with E-state index >= 15 is 0 Å². The quantitative estimate of drug-likeness (QED) is 0.311. The Bertz CT molecular complexity index is 389. The van der Waals surface area contributed by atoms with Gasteiger partial charge in [-0.2, -0.15) is 0 Å². The third-order valence-corrected chi connectivity index (χ3v) is 1.64. The molecule has 0 fully saturated rings. The maximum atomic E-state index is 10.9. The van der Waals surface area contributed by atoms with Gasteiger partial charge in [0.1, 0.15) is 0 Å². The molecule has 1 aromatic rings. The minimum atomic E-state index is -0.981. The van der Waals surface area contributed by atoms with Gasteiger partial charge in [-0.1, -0.05) is 18.7 Å². The number of nitrogens with two attached hydrogens (primary N) is 1. The molecule has 5 heteroatoms. The third-order valence-electron chi connectivity index (χ3n) is 1.64. The van der Waals surface area contributed by atoms with Gasteiger partial charge in [-0.3, -0.25) is 10.6 Å². The Morgan fingerprint density at radius 1 is 1.44 bits per heavy atom. The number of carbonyl (C=O) groups excluding carboxylic acids is 1. The monoisotopic (exact) mass is 222 g/mol. The van der Waals surface area contributed by atoms with E-state index in [9.17, 15) is 9.59 Å². The molecular weight excluding hydrogens is 208 g/mol. The summed E-state index contributed by atoms with van der Waals surface area (Å²) in [4.78, 5) is 20.2. The standard InChI is InChI=1S/C8H10N2O.C3H4O2/c1-6(11)7-4-2-3-5-8(7)10-9;1-2-3(4)5/h2-5,10H,9H2,1H3;2H,1H2,(H,4,5). The van der Waals surface area contributed by atoms with Gasteiger partial charge in [0.2, 0.25) is 0 Å².